The first kappa shape index (κ1) is 40.4. The molecule has 3 heteroatoms. The zero-order valence-electron chi connectivity index (χ0n) is 31.5. The SMILES string of the molecule is CCCCCCCCCCCCCCC(=O)OC(C)c1ccc(-c2ccccc2-c2ccc(OCCCCCCCCCCC)cc2)cc1. The summed E-state index contributed by atoms with van der Waals surface area (Å²) in [6, 6.07) is 25.5. The summed E-state index contributed by atoms with van der Waals surface area (Å²) in [4.78, 5) is 12.5. The maximum absolute atomic E-state index is 12.5. The van der Waals surface area contributed by atoms with E-state index in [0.29, 0.717) is 6.42 Å². The molecule has 0 heterocycles. The molecule has 0 saturated heterocycles. The zero-order chi connectivity index (χ0) is 34.8. The minimum absolute atomic E-state index is 0.0883. The van der Waals surface area contributed by atoms with E-state index in [2.05, 4.69) is 86.6 Å². The molecule has 270 valence electrons. The van der Waals surface area contributed by atoms with E-state index in [9.17, 15) is 4.79 Å². The van der Waals surface area contributed by atoms with Crippen LogP contribution in [0.4, 0.5) is 0 Å². The van der Waals surface area contributed by atoms with Crippen molar-refractivity contribution in [3.8, 4) is 28.0 Å². The van der Waals surface area contributed by atoms with Crippen molar-refractivity contribution in [2.45, 2.75) is 168 Å². The fourth-order valence-electron chi connectivity index (χ4n) is 6.69. The number of ether oxygens (including phenoxy) is 2. The highest BCUT2D eigenvalue weighted by Crippen LogP contribution is 2.34. The highest BCUT2D eigenvalue weighted by molar-refractivity contribution is 5.83. The van der Waals surface area contributed by atoms with Crippen molar-refractivity contribution >= 4 is 5.97 Å². The van der Waals surface area contributed by atoms with Gasteiger partial charge in [-0.2, -0.15) is 0 Å². The van der Waals surface area contributed by atoms with Crippen LogP contribution in [0.3, 0.4) is 0 Å². The standard InChI is InChI=1S/C46H68O3/c1-4-6-8-10-12-14-15-16-17-19-21-23-29-46(47)49-39(3)40-30-32-41(33-31-40)44-27-24-25-28-45(44)42-34-36-43(37-35-42)48-38-26-22-20-18-13-11-9-7-5-2/h24-25,27-28,30-37,39H,4-23,26,29,38H2,1-3H3. The van der Waals surface area contributed by atoms with E-state index < -0.39 is 0 Å². The lowest BCUT2D eigenvalue weighted by Gasteiger charge is -2.15. The molecular weight excluding hydrogens is 601 g/mol. The van der Waals surface area contributed by atoms with Gasteiger partial charge in [0, 0.05) is 6.42 Å². The van der Waals surface area contributed by atoms with Gasteiger partial charge < -0.3 is 9.47 Å². The Hall–Kier alpha value is -3.07. The van der Waals surface area contributed by atoms with E-state index in [1.54, 1.807) is 0 Å². The van der Waals surface area contributed by atoms with Crippen LogP contribution in [0.2, 0.25) is 0 Å². The molecule has 0 amide bonds. The van der Waals surface area contributed by atoms with E-state index in [1.165, 1.54) is 132 Å². The minimum Gasteiger partial charge on any atom is -0.494 e. The highest BCUT2D eigenvalue weighted by atomic mass is 16.5. The quantitative estimate of drug-likeness (QED) is 0.0570. The summed E-state index contributed by atoms with van der Waals surface area (Å²) in [6.45, 7) is 7.30. The smallest absolute Gasteiger partial charge is 0.306 e. The van der Waals surface area contributed by atoms with Crippen molar-refractivity contribution in [1.82, 2.24) is 0 Å². The first-order chi connectivity index (χ1) is 24.1. The summed E-state index contributed by atoms with van der Waals surface area (Å²) in [7, 11) is 0. The molecule has 1 unspecified atom stereocenters. The first-order valence-corrected chi connectivity index (χ1v) is 20.2. The van der Waals surface area contributed by atoms with Crippen LogP contribution in [-0.4, -0.2) is 12.6 Å². The van der Waals surface area contributed by atoms with Gasteiger partial charge in [-0.25, -0.2) is 0 Å². The van der Waals surface area contributed by atoms with E-state index in [4.69, 9.17) is 9.47 Å². The largest absolute Gasteiger partial charge is 0.494 e. The molecule has 0 aliphatic carbocycles. The van der Waals surface area contributed by atoms with Gasteiger partial charge in [0.2, 0.25) is 0 Å². The molecule has 0 bridgehead atoms. The summed E-state index contributed by atoms with van der Waals surface area (Å²) in [5, 5.41) is 0. The van der Waals surface area contributed by atoms with Crippen molar-refractivity contribution in [1.29, 1.82) is 0 Å². The lowest BCUT2D eigenvalue weighted by atomic mass is 9.93. The lowest BCUT2D eigenvalue weighted by molar-refractivity contribution is -0.148. The second kappa shape index (κ2) is 25.8. The van der Waals surface area contributed by atoms with Gasteiger partial charge in [0.05, 0.1) is 6.61 Å². The zero-order valence-corrected chi connectivity index (χ0v) is 31.5. The summed E-state index contributed by atoms with van der Waals surface area (Å²) in [6.07, 6.45) is 27.7. The molecule has 0 N–H and O–H groups in total. The second-order valence-corrected chi connectivity index (χ2v) is 14.1. The summed E-state index contributed by atoms with van der Waals surface area (Å²) >= 11 is 0. The summed E-state index contributed by atoms with van der Waals surface area (Å²) in [5.41, 5.74) is 5.74. The van der Waals surface area contributed by atoms with Gasteiger partial charge in [-0.05, 0) is 59.7 Å². The third kappa shape index (κ3) is 16.9. The molecule has 3 aromatic carbocycles. The fraction of sp³-hybridized carbons (Fsp3) is 0.587. The van der Waals surface area contributed by atoms with E-state index >= 15 is 0 Å². The second-order valence-electron chi connectivity index (χ2n) is 14.1. The Kier molecular flexibility index (Phi) is 21.3. The molecule has 0 aromatic heterocycles. The molecule has 0 saturated carbocycles. The Morgan fingerprint density at radius 1 is 0.510 bits per heavy atom. The predicted octanol–water partition coefficient (Wildman–Crippen LogP) is 14.6. The molecule has 3 rings (SSSR count). The number of carbonyl (C=O) groups is 1. The number of unbranched alkanes of at least 4 members (excludes halogenated alkanes) is 19. The minimum atomic E-state index is -0.253. The van der Waals surface area contributed by atoms with Gasteiger partial charge >= 0.3 is 5.97 Å². The monoisotopic (exact) mass is 669 g/mol. The lowest BCUT2D eigenvalue weighted by Crippen LogP contribution is -2.08. The van der Waals surface area contributed by atoms with Gasteiger partial charge in [0.15, 0.2) is 0 Å². The number of esters is 1. The average molecular weight is 669 g/mol. The predicted molar refractivity (Wildman–Crippen MR) is 210 cm³/mol. The molecule has 0 radical (unpaired) electrons. The maximum Gasteiger partial charge on any atom is 0.306 e. The number of benzene rings is 3. The van der Waals surface area contributed by atoms with Gasteiger partial charge in [-0.3, -0.25) is 4.79 Å². The number of carbonyl (C=O) groups excluding carboxylic acids is 1. The Morgan fingerprint density at radius 2 is 0.918 bits per heavy atom. The topological polar surface area (TPSA) is 35.5 Å². The van der Waals surface area contributed by atoms with Crippen LogP contribution in [0.5, 0.6) is 5.75 Å². The Labute approximate surface area is 300 Å². The third-order valence-electron chi connectivity index (χ3n) is 9.84. The highest BCUT2D eigenvalue weighted by Gasteiger charge is 2.13. The van der Waals surface area contributed by atoms with Crippen LogP contribution in [0, 0.1) is 0 Å². The van der Waals surface area contributed by atoms with Crippen LogP contribution >= 0.6 is 0 Å². The number of hydrogen-bond donors (Lipinski definition) is 0. The molecule has 49 heavy (non-hydrogen) atoms. The third-order valence-corrected chi connectivity index (χ3v) is 9.84. The molecule has 3 aromatic rings. The molecule has 3 nitrogen and oxygen atoms in total. The van der Waals surface area contributed by atoms with Gasteiger partial charge in [0.25, 0.3) is 0 Å². The van der Waals surface area contributed by atoms with Crippen LogP contribution < -0.4 is 4.74 Å². The summed E-state index contributed by atoms with van der Waals surface area (Å²) < 4.78 is 11.9. The molecular formula is C46H68O3. The van der Waals surface area contributed by atoms with Gasteiger partial charge in [-0.15, -0.1) is 0 Å². The number of hydrogen-bond acceptors (Lipinski definition) is 3. The molecule has 0 fully saturated rings. The van der Waals surface area contributed by atoms with Crippen molar-refractivity contribution < 1.29 is 14.3 Å². The van der Waals surface area contributed by atoms with Crippen molar-refractivity contribution in [2.75, 3.05) is 6.61 Å². The fourth-order valence-corrected chi connectivity index (χ4v) is 6.69. The van der Waals surface area contributed by atoms with Crippen LogP contribution in [-0.2, 0) is 9.53 Å². The molecule has 0 aliphatic heterocycles. The van der Waals surface area contributed by atoms with Crippen molar-refractivity contribution in [3.63, 3.8) is 0 Å². The van der Waals surface area contributed by atoms with Gasteiger partial charge in [0.1, 0.15) is 11.9 Å². The normalized spacial score (nSPS) is 11.8. The Bertz CT molecular complexity index is 1250. The molecule has 1 atom stereocenters. The first-order valence-electron chi connectivity index (χ1n) is 20.2. The van der Waals surface area contributed by atoms with Crippen LogP contribution in [0.1, 0.15) is 174 Å². The maximum atomic E-state index is 12.5. The average Bonchev–Trinajstić information content (AvgIpc) is 3.13. The van der Waals surface area contributed by atoms with Crippen molar-refractivity contribution in [3.05, 3.63) is 78.4 Å². The van der Waals surface area contributed by atoms with E-state index in [-0.39, 0.29) is 12.1 Å². The number of rotatable bonds is 28. The van der Waals surface area contributed by atoms with E-state index in [0.717, 1.165) is 42.7 Å². The Balaban J connectivity index is 1.36. The van der Waals surface area contributed by atoms with E-state index in [1.807, 2.05) is 6.92 Å². The van der Waals surface area contributed by atoms with Crippen LogP contribution in [0.25, 0.3) is 22.3 Å². The Morgan fingerprint density at radius 3 is 1.39 bits per heavy atom. The molecule has 0 spiro atoms. The van der Waals surface area contributed by atoms with Crippen molar-refractivity contribution in [2.24, 2.45) is 0 Å². The summed E-state index contributed by atoms with van der Waals surface area (Å²) in [5.74, 6) is 0.849. The van der Waals surface area contributed by atoms with Gasteiger partial charge in [-0.1, -0.05) is 197 Å². The van der Waals surface area contributed by atoms with Crippen LogP contribution in [0.15, 0.2) is 72.8 Å². The molecule has 0 aliphatic rings.